The van der Waals surface area contributed by atoms with Gasteiger partial charge in [0, 0.05) is 24.4 Å². The molecular weight excluding hydrogens is 440 g/mol. The standard InChI is InChI=1S/C25H23F2N5O2/c1-16-14-31(15-28-16)21-13-20(27)17(12-22(21)34-2)4-9-23-29-24-25(33,10-3-11-32(24)30-23)18-5-7-19(26)8-6-18/h4-9,12-15,33H,3,10-11H2,1-2H3/b9-4+/t25-/m0/s1. The molecule has 4 aromatic rings. The number of halogens is 2. The van der Waals surface area contributed by atoms with Crippen molar-refractivity contribution in [2.75, 3.05) is 7.11 Å². The molecule has 1 aliphatic heterocycles. The SMILES string of the molecule is COc1cc(/C=C/c2nc3n(n2)CCC[C@]3(O)c2ccc(F)cc2)c(F)cc1-n1cnc(C)c1. The van der Waals surface area contributed by atoms with Gasteiger partial charge in [-0.3, -0.25) is 0 Å². The minimum atomic E-state index is -1.37. The van der Waals surface area contributed by atoms with Crippen LogP contribution >= 0.6 is 0 Å². The fourth-order valence-electron chi connectivity index (χ4n) is 4.26. The third-order valence-electron chi connectivity index (χ3n) is 5.99. The molecule has 0 fully saturated rings. The van der Waals surface area contributed by atoms with E-state index in [0.29, 0.717) is 53.6 Å². The van der Waals surface area contributed by atoms with Crippen LogP contribution in [0, 0.1) is 18.6 Å². The average molecular weight is 463 g/mol. The molecule has 0 radical (unpaired) electrons. The first-order valence-corrected chi connectivity index (χ1v) is 10.9. The third kappa shape index (κ3) is 3.88. The summed E-state index contributed by atoms with van der Waals surface area (Å²) in [6.45, 7) is 2.45. The number of fused-ring (bicyclic) bond motifs is 1. The van der Waals surface area contributed by atoms with Gasteiger partial charge in [0.1, 0.15) is 23.0 Å². The molecule has 3 heterocycles. The van der Waals surface area contributed by atoms with E-state index < -0.39 is 11.4 Å². The van der Waals surface area contributed by atoms with Gasteiger partial charge in [-0.2, -0.15) is 5.10 Å². The van der Waals surface area contributed by atoms with Gasteiger partial charge in [-0.15, -0.1) is 0 Å². The number of aryl methyl sites for hydroxylation is 2. The van der Waals surface area contributed by atoms with Crippen molar-refractivity contribution >= 4 is 12.2 Å². The van der Waals surface area contributed by atoms with E-state index >= 15 is 0 Å². The Bertz CT molecular complexity index is 1380. The van der Waals surface area contributed by atoms with Crippen LogP contribution in [0.15, 0.2) is 48.9 Å². The number of hydrogen-bond donors (Lipinski definition) is 1. The van der Waals surface area contributed by atoms with Crippen molar-refractivity contribution in [2.24, 2.45) is 0 Å². The highest BCUT2D eigenvalue weighted by molar-refractivity contribution is 5.69. The maximum atomic E-state index is 14.9. The number of methoxy groups -OCH3 is 1. The summed E-state index contributed by atoms with van der Waals surface area (Å²) in [5.41, 5.74) is 0.835. The lowest BCUT2D eigenvalue weighted by Crippen LogP contribution is -2.35. The summed E-state index contributed by atoms with van der Waals surface area (Å²) < 4.78 is 37.1. The van der Waals surface area contributed by atoms with Crippen molar-refractivity contribution in [3.05, 3.63) is 89.0 Å². The summed E-state index contributed by atoms with van der Waals surface area (Å²) in [6.07, 6.45) is 7.68. The van der Waals surface area contributed by atoms with Gasteiger partial charge in [0.2, 0.25) is 0 Å². The van der Waals surface area contributed by atoms with E-state index in [1.54, 1.807) is 52.1 Å². The first-order chi connectivity index (χ1) is 16.4. The topological polar surface area (TPSA) is 78.0 Å². The van der Waals surface area contributed by atoms with E-state index in [1.165, 1.54) is 25.3 Å². The first kappa shape index (κ1) is 22.0. The highest BCUT2D eigenvalue weighted by Crippen LogP contribution is 2.37. The summed E-state index contributed by atoms with van der Waals surface area (Å²) >= 11 is 0. The molecule has 34 heavy (non-hydrogen) atoms. The maximum Gasteiger partial charge on any atom is 0.174 e. The van der Waals surface area contributed by atoms with Crippen LogP contribution in [0.1, 0.15) is 41.3 Å². The molecule has 0 bridgehead atoms. The number of aromatic nitrogens is 5. The summed E-state index contributed by atoms with van der Waals surface area (Å²) in [5.74, 6) is 0.394. The third-order valence-corrected chi connectivity index (χ3v) is 5.99. The van der Waals surface area contributed by atoms with E-state index in [-0.39, 0.29) is 5.82 Å². The van der Waals surface area contributed by atoms with Gasteiger partial charge < -0.3 is 14.4 Å². The quantitative estimate of drug-likeness (QED) is 0.479. The monoisotopic (exact) mass is 463 g/mol. The van der Waals surface area contributed by atoms with E-state index in [9.17, 15) is 13.9 Å². The Morgan fingerprint density at radius 2 is 1.94 bits per heavy atom. The van der Waals surface area contributed by atoms with Gasteiger partial charge in [0.05, 0.1) is 24.8 Å². The van der Waals surface area contributed by atoms with Crippen LogP contribution < -0.4 is 4.74 Å². The molecule has 7 nitrogen and oxygen atoms in total. The van der Waals surface area contributed by atoms with Crippen LogP contribution in [-0.4, -0.2) is 36.5 Å². The molecule has 9 heteroatoms. The molecule has 2 aromatic heterocycles. The van der Waals surface area contributed by atoms with Crippen LogP contribution in [0.5, 0.6) is 5.75 Å². The predicted octanol–water partition coefficient (Wildman–Crippen LogP) is 4.26. The number of rotatable bonds is 5. The van der Waals surface area contributed by atoms with Crippen LogP contribution in [0.3, 0.4) is 0 Å². The second-order valence-electron chi connectivity index (χ2n) is 8.29. The Morgan fingerprint density at radius 3 is 2.65 bits per heavy atom. The molecule has 0 saturated carbocycles. The van der Waals surface area contributed by atoms with Gasteiger partial charge in [0.15, 0.2) is 11.6 Å². The van der Waals surface area contributed by atoms with E-state index in [1.807, 2.05) is 6.92 Å². The van der Waals surface area contributed by atoms with Gasteiger partial charge >= 0.3 is 0 Å². The summed E-state index contributed by atoms with van der Waals surface area (Å²) in [5, 5.41) is 15.8. The zero-order chi connectivity index (χ0) is 23.9. The van der Waals surface area contributed by atoms with Crippen molar-refractivity contribution in [1.29, 1.82) is 0 Å². The predicted molar refractivity (Wildman–Crippen MR) is 122 cm³/mol. The van der Waals surface area contributed by atoms with Gasteiger partial charge in [-0.1, -0.05) is 12.1 Å². The Hall–Kier alpha value is -3.85. The summed E-state index contributed by atoms with van der Waals surface area (Å²) in [7, 11) is 1.52. The summed E-state index contributed by atoms with van der Waals surface area (Å²) in [6, 6.07) is 8.73. The summed E-state index contributed by atoms with van der Waals surface area (Å²) in [4.78, 5) is 8.69. The van der Waals surface area contributed by atoms with Crippen LogP contribution in [0.2, 0.25) is 0 Å². The fraction of sp³-hybridized carbons (Fsp3) is 0.240. The average Bonchev–Trinajstić information content (AvgIpc) is 3.45. The molecule has 1 aliphatic rings. The first-order valence-electron chi connectivity index (χ1n) is 10.9. The van der Waals surface area contributed by atoms with Gasteiger partial charge in [-0.05, 0) is 55.7 Å². The largest absolute Gasteiger partial charge is 0.495 e. The fourth-order valence-corrected chi connectivity index (χ4v) is 4.26. The Morgan fingerprint density at radius 1 is 1.15 bits per heavy atom. The van der Waals surface area contributed by atoms with E-state index in [2.05, 4.69) is 15.1 Å². The molecule has 1 atom stereocenters. The van der Waals surface area contributed by atoms with Gasteiger partial charge in [0.25, 0.3) is 0 Å². The number of aliphatic hydroxyl groups is 1. The lowest BCUT2D eigenvalue weighted by molar-refractivity contribution is 0.0394. The number of hydrogen-bond acceptors (Lipinski definition) is 5. The highest BCUT2D eigenvalue weighted by atomic mass is 19.1. The maximum absolute atomic E-state index is 14.9. The van der Waals surface area contributed by atoms with E-state index in [4.69, 9.17) is 4.74 Å². The van der Waals surface area contributed by atoms with Crippen molar-refractivity contribution in [3.63, 3.8) is 0 Å². The molecular formula is C25H23F2N5O2. The lowest BCUT2D eigenvalue weighted by Gasteiger charge is -2.31. The smallest absolute Gasteiger partial charge is 0.174 e. The molecule has 174 valence electrons. The molecule has 1 N–H and O–H groups in total. The van der Waals surface area contributed by atoms with Crippen LogP contribution in [0.25, 0.3) is 17.8 Å². The van der Waals surface area contributed by atoms with Crippen molar-refractivity contribution < 1.29 is 18.6 Å². The number of benzene rings is 2. The highest BCUT2D eigenvalue weighted by Gasteiger charge is 2.39. The van der Waals surface area contributed by atoms with Crippen LogP contribution in [0.4, 0.5) is 8.78 Å². The zero-order valence-electron chi connectivity index (χ0n) is 18.7. The number of nitrogens with zero attached hydrogens (tertiary/aromatic N) is 5. The molecule has 0 aliphatic carbocycles. The van der Waals surface area contributed by atoms with Crippen LogP contribution in [-0.2, 0) is 12.1 Å². The molecule has 0 spiro atoms. The molecule has 0 saturated heterocycles. The van der Waals surface area contributed by atoms with Gasteiger partial charge in [-0.25, -0.2) is 23.4 Å². The molecule has 0 amide bonds. The van der Waals surface area contributed by atoms with Crippen molar-refractivity contribution in [3.8, 4) is 11.4 Å². The van der Waals surface area contributed by atoms with Crippen molar-refractivity contribution in [1.82, 2.24) is 24.3 Å². The second kappa shape index (κ2) is 8.49. The van der Waals surface area contributed by atoms with Crippen molar-refractivity contribution in [2.45, 2.75) is 31.9 Å². The number of imidazole rings is 1. The minimum Gasteiger partial charge on any atom is -0.495 e. The lowest BCUT2D eigenvalue weighted by atomic mass is 9.86. The Labute approximate surface area is 195 Å². The van der Waals surface area contributed by atoms with E-state index in [0.717, 1.165) is 5.69 Å². The Kier molecular flexibility index (Phi) is 5.49. The second-order valence-corrected chi connectivity index (χ2v) is 8.29. The minimum absolute atomic E-state index is 0.305. The normalized spacial score (nSPS) is 17.8. The molecule has 5 rings (SSSR count). The zero-order valence-corrected chi connectivity index (χ0v) is 18.7. The molecule has 2 aromatic carbocycles. The molecule has 0 unspecified atom stereocenters. The number of ether oxygens (including phenoxy) is 1. The Balaban J connectivity index is 1.47.